The van der Waals surface area contributed by atoms with Gasteiger partial charge in [0.1, 0.15) is 6.04 Å². The minimum Gasteiger partial charge on any atom is -0.459 e. The lowest BCUT2D eigenvalue weighted by molar-refractivity contribution is -0.118. The molecule has 0 spiro atoms. The molecule has 1 fully saturated rings. The number of carbonyl (C=O) groups excluding carboxylic acids is 2. The van der Waals surface area contributed by atoms with Crippen LogP contribution in [0.25, 0.3) is 0 Å². The lowest BCUT2D eigenvalue weighted by Crippen LogP contribution is -2.47. The zero-order valence-corrected chi connectivity index (χ0v) is 17.4. The van der Waals surface area contributed by atoms with Crippen LogP contribution in [0.2, 0.25) is 0 Å². The number of likely N-dealkylation sites (N-methyl/N-ethyl adjacent to an activating group) is 1. The number of furan rings is 1. The highest BCUT2D eigenvalue weighted by atomic mass is 16.3. The summed E-state index contributed by atoms with van der Waals surface area (Å²) in [6.07, 6.45) is 1.43. The van der Waals surface area contributed by atoms with Crippen molar-refractivity contribution in [2.45, 2.75) is 26.4 Å². The molecule has 156 valence electrons. The number of rotatable bonds is 7. The highest BCUT2D eigenvalue weighted by molar-refractivity contribution is 6.00. The first kappa shape index (κ1) is 21.1. The topological polar surface area (TPSA) is 77.8 Å². The maximum Gasteiger partial charge on any atom is 0.287 e. The molecule has 1 saturated heterocycles. The first-order valence-corrected chi connectivity index (χ1v) is 10.1. The fourth-order valence-electron chi connectivity index (χ4n) is 3.33. The summed E-state index contributed by atoms with van der Waals surface area (Å²) in [5.41, 5.74) is 1.94. The summed E-state index contributed by atoms with van der Waals surface area (Å²) in [4.78, 5) is 29.7. The molecule has 0 bridgehead atoms. The number of hydrogen-bond donors (Lipinski definition) is 2. The van der Waals surface area contributed by atoms with Gasteiger partial charge in [-0.05, 0) is 42.8 Å². The van der Waals surface area contributed by atoms with Gasteiger partial charge in [0.15, 0.2) is 5.76 Å². The molecular formula is C22H30N4O3. The Morgan fingerprint density at radius 2 is 1.76 bits per heavy atom. The van der Waals surface area contributed by atoms with Crippen molar-refractivity contribution < 1.29 is 14.0 Å². The third kappa shape index (κ3) is 5.92. The monoisotopic (exact) mass is 398 g/mol. The van der Waals surface area contributed by atoms with Gasteiger partial charge in [-0.1, -0.05) is 26.0 Å². The summed E-state index contributed by atoms with van der Waals surface area (Å²) in [6, 6.07) is 10.5. The van der Waals surface area contributed by atoms with Gasteiger partial charge >= 0.3 is 0 Å². The highest BCUT2D eigenvalue weighted by Gasteiger charge is 2.25. The van der Waals surface area contributed by atoms with Crippen LogP contribution in [0.15, 0.2) is 47.1 Å². The van der Waals surface area contributed by atoms with Crippen molar-refractivity contribution in [3.05, 3.63) is 54.0 Å². The molecule has 3 rings (SSSR count). The summed E-state index contributed by atoms with van der Waals surface area (Å²) in [5.74, 6) is -0.514. The molecule has 2 heterocycles. The number of anilines is 1. The zero-order chi connectivity index (χ0) is 20.8. The second-order valence-corrected chi connectivity index (χ2v) is 7.94. The predicted octanol–water partition coefficient (Wildman–Crippen LogP) is 2.42. The van der Waals surface area contributed by atoms with Gasteiger partial charge in [0, 0.05) is 38.4 Å². The molecule has 1 aliphatic heterocycles. The summed E-state index contributed by atoms with van der Waals surface area (Å²) in [6.45, 7) is 9.03. The fourth-order valence-corrected chi connectivity index (χ4v) is 3.33. The van der Waals surface area contributed by atoms with E-state index in [2.05, 4.69) is 27.5 Å². The van der Waals surface area contributed by atoms with Gasteiger partial charge in [0.05, 0.1) is 6.26 Å². The van der Waals surface area contributed by atoms with E-state index in [1.54, 1.807) is 12.1 Å². The van der Waals surface area contributed by atoms with E-state index in [1.807, 2.05) is 38.1 Å². The van der Waals surface area contributed by atoms with Gasteiger partial charge in [-0.2, -0.15) is 0 Å². The first-order chi connectivity index (χ1) is 13.9. The van der Waals surface area contributed by atoms with Crippen LogP contribution in [-0.4, -0.2) is 60.9 Å². The summed E-state index contributed by atoms with van der Waals surface area (Å²) in [7, 11) is 2.15. The number of piperazine rings is 1. The smallest absolute Gasteiger partial charge is 0.287 e. The van der Waals surface area contributed by atoms with Crippen molar-refractivity contribution >= 4 is 17.5 Å². The second kappa shape index (κ2) is 9.71. The molecule has 2 amide bonds. The number of nitrogens with one attached hydrogen (secondary N) is 2. The van der Waals surface area contributed by atoms with Crippen LogP contribution in [0.4, 0.5) is 5.69 Å². The van der Waals surface area contributed by atoms with E-state index in [1.165, 1.54) is 11.8 Å². The Hall–Kier alpha value is -2.64. The van der Waals surface area contributed by atoms with E-state index >= 15 is 0 Å². The number of amides is 2. The highest BCUT2D eigenvalue weighted by Crippen LogP contribution is 2.14. The number of hydrogen-bond acceptors (Lipinski definition) is 5. The first-order valence-electron chi connectivity index (χ1n) is 10.1. The normalized spacial score (nSPS) is 16.6. The molecule has 29 heavy (non-hydrogen) atoms. The van der Waals surface area contributed by atoms with Gasteiger partial charge in [-0.25, -0.2) is 0 Å². The van der Waals surface area contributed by atoms with E-state index < -0.39 is 11.9 Å². The largest absolute Gasteiger partial charge is 0.459 e. The van der Waals surface area contributed by atoms with Gasteiger partial charge in [0.25, 0.3) is 5.91 Å². The van der Waals surface area contributed by atoms with Crippen LogP contribution >= 0.6 is 0 Å². The van der Waals surface area contributed by atoms with Gasteiger partial charge < -0.3 is 20.0 Å². The quantitative estimate of drug-likeness (QED) is 0.749. The van der Waals surface area contributed by atoms with Crippen molar-refractivity contribution in [2.24, 2.45) is 5.92 Å². The summed E-state index contributed by atoms with van der Waals surface area (Å²) < 4.78 is 5.10. The lowest BCUT2D eigenvalue weighted by atomic mass is 10.0. The van der Waals surface area contributed by atoms with Gasteiger partial charge in [0.2, 0.25) is 5.91 Å². The van der Waals surface area contributed by atoms with Crippen LogP contribution in [0.3, 0.4) is 0 Å². The number of benzene rings is 1. The average molecular weight is 399 g/mol. The lowest BCUT2D eigenvalue weighted by Gasteiger charge is -2.32. The Morgan fingerprint density at radius 3 is 2.34 bits per heavy atom. The molecule has 1 aliphatic rings. The van der Waals surface area contributed by atoms with E-state index in [-0.39, 0.29) is 17.6 Å². The fraction of sp³-hybridized carbons (Fsp3) is 0.455. The molecule has 1 aromatic carbocycles. The molecule has 0 aliphatic carbocycles. The van der Waals surface area contributed by atoms with Crippen LogP contribution < -0.4 is 10.6 Å². The Labute approximate surface area is 172 Å². The van der Waals surface area contributed by atoms with Crippen LogP contribution in [0.5, 0.6) is 0 Å². The summed E-state index contributed by atoms with van der Waals surface area (Å²) in [5, 5.41) is 5.66. The molecule has 1 aromatic heterocycles. The Morgan fingerprint density at radius 1 is 1.07 bits per heavy atom. The molecule has 7 heteroatoms. The van der Waals surface area contributed by atoms with E-state index in [4.69, 9.17) is 4.42 Å². The van der Waals surface area contributed by atoms with Crippen molar-refractivity contribution in [1.82, 2.24) is 15.1 Å². The van der Waals surface area contributed by atoms with Crippen molar-refractivity contribution in [1.29, 1.82) is 0 Å². The third-order valence-corrected chi connectivity index (χ3v) is 5.20. The van der Waals surface area contributed by atoms with E-state index in [9.17, 15) is 9.59 Å². The Kier molecular flexibility index (Phi) is 7.06. The standard InChI is InChI=1S/C22H30N4O3/c1-16(2)20(24-21(27)19-5-4-14-29-19)22(28)23-18-8-6-17(7-9-18)15-26-12-10-25(3)11-13-26/h4-9,14,16,20H,10-13,15H2,1-3H3,(H,23,28)(H,24,27). The molecule has 0 saturated carbocycles. The average Bonchev–Trinajstić information content (AvgIpc) is 3.24. The second-order valence-electron chi connectivity index (χ2n) is 7.94. The zero-order valence-electron chi connectivity index (χ0n) is 17.4. The van der Waals surface area contributed by atoms with Crippen molar-refractivity contribution in [3.8, 4) is 0 Å². The Balaban J connectivity index is 1.56. The van der Waals surface area contributed by atoms with Crippen LogP contribution in [-0.2, 0) is 11.3 Å². The van der Waals surface area contributed by atoms with E-state index in [0.29, 0.717) is 0 Å². The predicted molar refractivity (Wildman–Crippen MR) is 113 cm³/mol. The van der Waals surface area contributed by atoms with Gasteiger partial charge in [-0.3, -0.25) is 14.5 Å². The molecule has 2 aromatic rings. The van der Waals surface area contributed by atoms with Crippen LogP contribution in [0, 0.1) is 5.92 Å². The minimum absolute atomic E-state index is 0.0644. The molecular weight excluding hydrogens is 368 g/mol. The minimum atomic E-state index is -0.655. The van der Waals surface area contributed by atoms with E-state index in [0.717, 1.165) is 38.4 Å². The van der Waals surface area contributed by atoms with Crippen molar-refractivity contribution in [3.63, 3.8) is 0 Å². The number of nitrogens with zero attached hydrogens (tertiary/aromatic N) is 2. The molecule has 0 radical (unpaired) electrons. The summed E-state index contributed by atoms with van der Waals surface area (Å²) >= 11 is 0. The SMILES string of the molecule is CC(C)C(NC(=O)c1ccco1)C(=O)Nc1ccc(CN2CCN(C)CC2)cc1. The maximum atomic E-state index is 12.7. The van der Waals surface area contributed by atoms with Crippen LogP contribution in [0.1, 0.15) is 30.0 Å². The van der Waals surface area contributed by atoms with Gasteiger partial charge in [-0.15, -0.1) is 0 Å². The Bertz CT molecular complexity index is 794. The molecule has 2 N–H and O–H groups in total. The third-order valence-electron chi connectivity index (χ3n) is 5.20. The van der Waals surface area contributed by atoms with Crippen molar-refractivity contribution in [2.75, 3.05) is 38.5 Å². The number of carbonyl (C=O) groups is 2. The molecule has 1 atom stereocenters. The molecule has 7 nitrogen and oxygen atoms in total. The molecule has 1 unspecified atom stereocenters. The maximum absolute atomic E-state index is 12.7.